The summed E-state index contributed by atoms with van der Waals surface area (Å²) in [4.78, 5) is 25.5. The Morgan fingerprint density at radius 3 is 2.21 bits per heavy atom. The number of amides is 1. The number of likely N-dealkylation sites (N-methyl/N-ethyl adjacent to an activating group) is 1. The zero-order valence-electron chi connectivity index (χ0n) is 18.8. The summed E-state index contributed by atoms with van der Waals surface area (Å²) in [5, 5.41) is 5.47. The van der Waals surface area contributed by atoms with E-state index in [0.717, 1.165) is 11.1 Å². The number of aryl methyl sites for hydroxylation is 1. The van der Waals surface area contributed by atoms with Crippen molar-refractivity contribution in [2.75, 3.05) is 23.9 Å². The van der Waals surface area contributed by atoms with Gasteiger partial charge in [0.1, 0.15) is 5.69 Å². The van der Waals surface area contributed by atoms with E-state index in [1.807, 2.05) is 60.7 Å². The summed E-state index contributed by atoms with van der Waals surface area (Å²) in [6, 6.07) is 21.5. The minimum atomic E-state index is -3.40. The summed E-state index contributed by atoms with van der Waals surface area (Å²) >= 11 is 0. The number of aromatic nitrogens is 1. The minimum absolute atomic E-state index is 0.00252. The molecule has 2 aromatic carbocycles. The molecule has 7 nitrogen and oxygen atoms in total. The lowest BCUT2D eigenvalue weighted by molar-refractivity contribution is -0.117. The van der Waals surface area contributed by atoms with Crippen LogP contribution in [0.1, 0.15) is 12.5 Å². The molecule has 0 radical (unpaired) electrons. The van der Waals surface area contributed by atoms with Crippen molar-refractivity contribution in [2.45, 2.75) is 25.9 Å². The van der Waals surface area contributed by atoms with E-state index in [1.54, 1.807) is 26.1 Å². The summed E-state index contributed by atoms with van der Waals surface area (Å²) in [6.07, 6.45) is 0.418. The van der Waals surface area contributed by atoms with Crippen molar-refractivity contribution in [3.8, 4) is 11.3 Å². The van der Waals surface area contributed by atoms with Crippen LogP contribution in [0.5, 0.6) is 0 Å². The van der Waals surface area contributed by atoms with Gasteiger partial charge in [0.2, 0.25) is 5.91 Å². The van der Waals surface area contributed by atoms with E-state index in [2.05, 4.69) is 10.6 Å². The molecule has 174 valence electrons. The zero-order valence-corrected chi connectivity index (χ0v) is 19.6. The van der Waals surface area contributed by atoms with Gasteiger partial charge in [0.15, 0.2) is 9.84 Å². The van der Waals surface area contributed by atoms with Crippen LogP contribution in [-0.2, 0) is 27.6 Å². The number of carbonyl (C=O) groups is 1. The summed E-state index contributed by atoms with van der Waals surface area (Å²) in [6.45, 7) is 1.68. The van der Waals surface area contributed by atoms with Crippen molar-refractivity contribution >= 4 is 21.4 Å². The maximum absolute atomic E-state index is 13.2. The number of benzene rings is 2. The van der Waals surface area contributed by atoms with E-state index in [9.17, 15) is 18.0 Å². The molecule has 1 heterocycles. The van der Waals surface area contributed by atoms with Crippen molar-refractivity contribution in [2.24, 2.45) is 0 Å². The molecule has 0 unspecified atom stereocenters. The first kappa shape index (κ1) is 24.4. The van der Waals surface area contributed by atoms with Gasteiger partial charge in [-0.25, -0.2) is 8.42 Å². The normalized spacial score (nSPS) is 12.3. The van der Waals surface area contributed by atoms with Gasteiger partial charge >= 0.3 is 0 Å². The second kappa shape index (κ2) is 11.1. The van der Waals surface area contributed by atoms with Gasteiger partial charge in [-0.3, -0.25) is 9.59 Å². The van der Waals surface area contributed by atoms with Gasteiger partial charge in [-0.1, -0.05) is 60.7 Å². The van der Waals surface area contributed by atoms with E-state index >= 15 is 0 Å². The summed E-state index contributed by atoms with van der Waals surface area (Å²) in [5.74, 6) is -0.518. The molecule has 1 aromatic heterocycles. The highest BCUT2D eigenvalue weighted by Crippen LogP contribution is 2.19. The van der Waals surface area contributed by atoms with Gasteiger partial charge < -0.3 is 15.2 Å². The molecule has 1 amide bonds. The molecular formula is C25H29N3O4S. The third-order valence-corrected chi connectivity index (χ3v) is 7.13. The van der Waals surface area contributed by atoms with Crippen molar-refractivity contribution in [3.05, 3.63) is 88.7 Å². The topological polar surface area (TPSA) is 97.3 Å². The number of anilines is 1. The molecular weight excluding hydrogens is 438 g/mol. The number of nitrogens with zero attached hydrogens (tertiary/aromatic N) is 1. The predicted molar refractivity (Wildman–Crippen MR) is 132 cm³/mol. The Morgan fingerprint density at radius 2 is 1.58 bits per heavy atom. The maximum Gasteiger partial charge on any atom is 0.274 e. The van der Waals surface area contributed by atoms with Crippen molar-refractivity contribution in [1.29, 1.82) is 0 Å². The molecule has 1 atom stereocenters. The lowest BCUT2D eigenvalue weighted by atomic mass is 10.1. The van der Waals surface area contributed by atoms with Gasteiger partial charge in [-0.2, -0.15) is 0 Å². The van der Waals surface area contributed by atoms with E-state index in [4.69, 9.17) is 0 Å². The first-order chi connectivity index (χ1) is 15.8. The molecule has 8 heteroatoms. The fraction of sp³-hybridized carbons (Fsp3) is 0.280. The monoisotopic (exact) mass is 467 g/mol. The lowest BCUT2D eigenvalue weighted by Crippen LogP contribution is -2.38. The number of rotatable bonds is 10. The van der Waals surface area contributed by atoms with E-state index in [-0.39, 0.29) is 29.6 Å². The van der Waals surface area contributed by atoms with Gasteiger partial charge in [0.05, 0.1) is 23.2 Å². The Hall–Kier alpha value is -3.23. The molecule has 0 saturated carbocycles. The van der Waals surface area contributed by atoms with Crippen LogP contribution < -0.4 is 16.2 Å². The van der Waals surface area contributed by atoms with E-state index < -0.39 is 21.4 Å². The van der Waals surface area contributed by atoms with Gasteiger partial charge in [0.25, 0.3) is 5.56 Å². The third-order valence-electron chi connectivity index (χ3n) is 5.50. The lowest BCUT2D eigenvalue weighted by Gasteiger charge is -2.17. The molecule has 0 aliphatic heterocycles. The molecule has 0 aliphatic rings. The summed E-state index contributed by atoms with van der Waals surface area (Å²) < 4.78 is 26.9. The van der Waals surface area contributed by atoms with Crippen molar-refractivity contribution < 1.29 is 13.2 Å². The van der Waals surface area contributed by atoms with Crippen molar-refractivity contribution in [1.82, 2.24) is 9.88 Å². The van der Waals surface area contributed by atoms with Gasteiger partial charge in [0, 0.05) is 6.54 Å². The number of sulfone groups is 1. The highest BCUT2D eigenvalue weighted by molar-refractivity contribution is 7.91. The fourth-order valence-electron chi connectivity index (χ4n) is 3.38. The number of pyridine rings is 1. The SMILES string of the molecule is CN[C@@H](C)C(=O)Nc1ccc(-c2ccccc2)n(CCS(=O)(=O)CCc2ccccc2)c1=O. The second-order valence-corrected chi connectivity index (χ2v) is 10.1. The van der Waals surface area contributed by atoms with Crippen molar-refractivity contribution in [3.63, 3.8) is 0 Å². The Balaban J connectivity index is 1.86. The largest absolute Gasteiger partial charge is 0.320 e. The Kier molecular flexibility index (Phi) is 8.19. The van der Waals surface area contributed by atoms with Crippen LogP contribution in [0.4, 0.5) is 5.69 Å². The van der Waals surface area contributed by atoms with Crippen LogP contribution >= 0.6 is 0 Å². The summed E-state index contributed by atoms with van der Waals surface area (Å²) in [7, 11) is -1.75. The molecule has 0 bridgehead atoms. The first-order valence-corrected chi connectivity index (χ1v) is 12.6. The first-order valence-electron chi connectivity index (χ1n) is 10.8. The Bertz CT molecular complexity index is 1240. The zero-order chi connectivity index (χ0) is 23.8. The van der Waals surface area contributed by atoms with Crippen LogP contribution in [0.2, 0.25) is 0 Å². The number of carbonyl (C=O) groups excluding carboxylic acids is 1. The Labute approximate surface area is 194 Å². The quantitative estimate of drug-likeness (QED) is 0.478. The molecule has 0 fully saturated rings. The van der Waals surface area contributed by atoms with Crippen LogP contribution in [0.15, 0.2) is 77.6 Å². The van der Waals surface area contributed by atoms with E-state index in [0.29, 0.717) is 12.1 Å². The molecule has 33 heavy (non-hydrogen) atoms. The standard InChI is InChI=1S/C25H29N3O4S/c1-19(26-2)24(29)27-22-13-14-23(21-11-7-4-8-12-21)28(25(22)30)16-18-33(31,32)17-15-20-9-5-3-6-10-20/h3-14,19,26H,15-18H2,1-2H3,(H,27,29)/t19-/m0/s1. The molecule has 0 aliphatic carbocycles. The average Bonchev–Trinajstić information content (AvgIpc) is 2.83. The average molecular weight is 468 g/mol. The number of nitrogens with one attached hydrogen (secondary N) is 2. The van der Waals surface area contributed by atoms with Crippen LogP contribution in [-0.4, -0.2) is 43.5 Å². The second-order valence-electron chi connectivity index (χ2n) is 7.84. The maximum atomic E-state index is 13.2. The molecule has 3 rings (SSSR count). The fourth-order valence-corrected chi connectivity index (χ4v) is 4.59. The molecule has 2 N–H and O–H groups in total. The summed E-state index contributed by atoms with van der Waals surface area (Å²) in [5.41, 5.74) is 2.01. The minimum Gasteiger partial charge on any atom is -0.320 e. The highest BCUT2D eigenvalue weighted by atomic mass is 32.2. The predicted octanol–water partition coefficient (Wildman–Crippen LogP) is 2.72. The smallest absolute Gasteiger partial charge is 0.274 e. The van der Waals surface area contributed by atoms with Gasteiger partial charge in [-0.15, -0.1) is 0 Å². The number of hydrogen-bond acceptors (Lipinski definition) is 5. The molecule has 0 spiro atoms. The van der Waals surface area contributed by atoms with Crippen LogP contribution in [0.3, 0.4) is 0 Å². The molecule has 0 saturated heterocycles. The van der Waals surface area contributed by atoms with Crippen LogP contribution in [0.25, 0.3) is 11.3 Å². The molecule has 3 aromatic rings. The third kappa shape index (κ3) is 6.63. The van der Waals surface area contributed by atoms with E-state index in [1.165, 1.54) is 4.57 Å². The highest BCUT2D eigenvalue weighted by Gasteiger charge is 2.18. The van der Waals surface area contributed by atoms with Crippen LogP contribution in [0, 0.1) is 0 Å². The Morgan fingerprint density at radius 1 is 0.939 bits per heavy atom. The van der Waals surface area contributed by atoms with Gasteiger partial charge in [-0.05, 0) is 43.7 Å². The number of hydrogen-bond donors (Lipinski definition) is 2.